The van der Waals surface area contributed by atoms with Crippen LogP contribution < -0.4 is 4.74 Å². The number of nitrogens with zero attached hydrogens (tertiary/aromatic N) is 3. The highest BCUT2D eigenvalue weighted by Crippen LogP contribution is 2.34. The Labute approximate surface area is 157 Å². The number of para-hydroxylation sites is 1. The number of piperidine rings is 1. The molecular weight excluding hydrogens is 349 g/mol. The largest absolute Gasteiger partial charge is 0.434 e. The summed E-state index contributed by atoms with van der Waals surface area (Å²) >= 11 is 0. The van der Waals surface area contributed by atoms with Crippen LogP contribution in [0.2, 0.25) is 0 Å². The van der Waals surface area contributed by atoms with Gasteiger partial charge in [-0.3, -0.25) is 9.78 Å². The van der Waals surface area contributed by atoms with Gasteiger partial charge in [0.05, 0.1) is 0 Å². The maximum Gasteiger partial charge on any atom is 0.251 e. The average molecular weight is 371 g/mol. The van der Waals surface area contributed by atoms with Crippen molar-refractivity contribution in [2.75, 3.05) is 19.7 Å². The molecule has 2 fully saturated rings. The summed E-state index contributed by atoms with van der Waals surface area (Å²) in [6, 6.07) is 6.24. The molecule has 142 valence electrons. The molecule has 0 bridgehead atoms. The second-order valence-electron chi connectivity index (χ2n) is 6.88. The first-order valence-electron chi connectivity index (χ1n) is 9.36. The van der Waals surface area contributed by atoms with E-state index >= 15 is 0 Å². The Morgan fingerprint density at radius 3 is 2.67 bits per heavy atom. The number of halogens is 1. The van der Waals surface area contributed by atoms with Gasteiger partial charge in [0.15, 0.2) is 11.6 Å². The van der Waals surface area contributed by atoms with Crippen molar-refractivity contribution in [1.82, 2.24) is 14.9 Å². The zero-order chi connectivity index (χ0) is 18.6. The lowest BCUT2D eigenvalue weighted by atomic mass is 9.93. The lowest BCUT2D eigenvalue weighted by molar-refractivity contribution is -0.142. The van der Waals surface area contributed by atoms with Crippen molar-refractivity contribution in [2.24, 2.45) is 0 Å². The third kappa shape index (κ3) is 3.93. The molecule has 4 rings (SSSR count). The molecular formula is C20H22FN3O3. The van der Waals surface area contributed by atoms with Gasteiger partial charge in [-0.2, -0.15) is 0 Å². The second kappa shape index (κ2) is 8.00. The molecule has 2 aromatic rings. The highest BCUT2D eigenvalue weighted by molar-refractivity contribution is 5.81. The fourth-order valence-corrected chi connectivity index (χ4v) is 3.68. The van der Waals surface area contributed by atoms with Crippen molar-refractivity contribution < 1.29 is 18.7 Å². The standard InChI is InChI=1S/C20H22FN3O3/c21-15-4-1-2-5-16(15)27-19-18(22-9-10-23-19)14-7-11-24(12-8-14)20(25)17-6-3-13-26-17/h1-2,4-5,9-10,14,17H,3,6-8,11-13H2. The van der Waals surface area contributed by atoms with E-state index in [0.717, 1.165) is 25.7 Å². The van der Waals surface area contributed by atoms with Gasteiger partial charge in [0.2, 0.25) is 5.88 Å². The highest BCUT2D eigenvalue weighted by atomic mass is 19.1. The molecule has 0 spiro atoms. The summed E-state index contributed by atoms with van der Waals surface area (Å²) in [4.78, 5) is 23.1. The second-order valence-corrected chi connectivity index (χ2v) is 6.88. The van der Waals surface area contributed by atoms with E-state index in [9.17, 15) is 9.18 Å². The number of hydrogen-bond donors (Lipinski definition) is 0. The summed E-state index contributed by atoms with van der Waals surface area (Å²) < 4.78 is 25.1. The number of amides is 1. The first-order chi connectivity index (χ1) is 13.2. The normalized spacial score (nSPS) is 20.6. The molecule has 1 aromatic carbocycles. The van der Waals surface area contributed by atoms with Crippen LogP contribution in [0.3, 0.4) is 0 Å². The molecule has 2 aliphatic heterocycles. The van der Waals surface area contributed by atoms with Crippen LogP contribution in [0.5, 0.6) is 11.6 Å². The van der Waals surface area contributed by atoms with Crippen LogP contribution in [-0.2, 0) is 9.53 Å². The van der Waals surface area contributed by atoms with Crippen molar-refractivity contribution in [3.05, 3.63) is 48.2 Å². The molecule has 1 aromatic heterocycles. The number of carbonyl (C=O) groups excluding carboxylic acids is 1. The summed E-state index contributed by atoms with van der Waals surface area (Å²) in [5, 5.41) is 0. The number of hydrogen-bond acceptors (Lipinski definition) is 5. The molecule has 3 heterocycles. The summed E-state index contributed by atoms with van der Waals surface area (Å²) in [5.74, 6) is 0.227. The highest BCUT2D eigenvalue weighted by Gasteiger charge is 2.32. The van der Waals surface area contributed by atoms with E-state index in [1.165, 1.54) is 12.3 Å². The zero-order valence-electron chi connectivity index (χ0n) is 15.0. The monoisotopic (exact) mass is 371 g/mol. The van der Waals surface area contributed by atoms with Crippen LogP contribution in [0.1, 0.15) is 37.3 Å². The van der Waals surface area contributed by atoms with Crippen molar-refractivity contribution in [3.8, 4) is 11.6 Å². The molecule has 1 amide bonds. The average Bonchev–Trinajstić information content (AvgIpc) is 3.25. The third-order valence-electron chi connectivity index (χ3n) is 5.13. The molecule has 1 atom stereocenters. The minimum absolute atomic E-state index is 0.0907. The Kier molecular flexibility index (Phi) is 5.29. The van der Waals surface area contributed by atoms with Crippen molar-refractivity contribution >= 4 is 5.91 Å². The molecule has 0 radical (unpaired) electrons. The Bertz CT molecular complexity index is 803. The molecule has 6 nitrogen and oxygen atoms in total. The lowest BCUT2D eigenvalue weighted by Gasteiger charge is -2.33. The number of carbonyl (C=O) groups is 1. The van der Waals surface area contributed by atoms with Crippen molar-refractivity contribution in [3.63, 3.8) is 0 Å². The van der Waals surface area contributed by atoms with E-state index in [0.29, 0.717) is 31.3 Å². The van der Waals surface area contributed by atoms with Gasteiger partial charge in [0.1, 0.15) is 11.8 Å². The molecule has 0 N–H and O–H groups in total. The van der Waals surface area contributed by atoms with E-state index in [4.69, 9.17) is 9.47 Å². The van der Waals surface area contributed by atoms with E-state index in [1.807, 2.05) is 4.90 Å². The summed E-state index contributed by atoms with van der Waals surface area (Å²) in [7, 11) is 0. The predicted octanol–water partition coefficient (Wildman–Crippen LogP) is 3.29. The smallest absolute Gasteiger partial charge is 0.251 e. The predicted molar refractivity (Wildman–Crippen MR) is 96.0 cm³/mol. The van der Waals surface area contributed by atoms with Gasteiger partial charge in [-0.05, 0) is 37.8 Å². The maximum absolute atomic E-state index is 13.9. The molecule has 27 heavy (non-hydrogen) atoms. The SMILES string of the molecule is O=C(C1CCCO1)N1CCC(c2nccnc2Oc2ccccc2F)CC1. The number of rotatable bonds is 4. The summed E-state index contributed by atoms with van der Waals surface area (Å²) in [6.07, 6.45) is 6.17. The lowest BCUT2D eigenvalue weighted by Crippen LogP contribution is -2.43. The van der Waals surface area contributed by atoms with Crippen LogP contribution in [0.4, 0.5) is 4.39 Å². The molecule has 0 saturated carbocycles. The van der Waals surface area contributed by atoms with Crippen molar-refractivity contribution in [1.29, 1.82) is 0 Å². The number of likely N-dealkylation sites (tertiary alicyclic amines) is 1. The summed E-state index contributed by atoms with van der Waals surface area (Å²) in [6.45, 7) is 1.97. The van der Waals surface area contributed by atoms with Crippen molar-refractivity contribution in [2.45, 2.75) is 37.7 Å². The number of ether oxygens (including phenoxy) is 2. The Morgan fingerprint density at radius 1 is 1.15 bits per heavy atom. The Morgan fingerprint density at radius 2 is 1.93 bits per heavy atom. The van der Waals surface area contributed by atoms with Crippen LogP contribution in [0, 0.1) is 5.82 Å². The van der Waals surface area contributed by atoms with E-state index in [2.05, 4.69) is 9.97 Å². The summed E-state index contributed by atoms with van der Waals surface area (Å²) in [5.41, 5.74) is 0.713. The third-order valence-corrected chi connectivity index (χ3v) is 5.13. The van der Waals surface area contributed by atoms with E-state index in [-0.39, 0.29) is 23.7 Å². The van der Waals surface area contributed by atoms with Gasteiger partial charge in [0, 0.05) is 38.0 Å². The van der Waals surface area contributed by atoms with Gasteiger partial charge in [-0.25, -0.2) is 9.37 Å². The minimum atomic E-state index is -0.439. The topological polar surface area (TPSA) is 64.5 Å². The number of benzene rings is 1. The van der Waals surface area contributed by atoms with Gasteiger partial charge < -0.3 is 14.4 Å². The van der Waals surface area contributed by atoms with Crippen LogP contribution in [0.25, 0.3) is 0 Å². The Balaban J connectivity index is 1.44. The van der Waals surface area contributed by atoms with Crippen LogP contribution >= 0.6 is 0 Å². The zero-order valence-corrected chi connectivity index (χ0v) is 15.0. The fraction of sp³-hybridized carbons (Fsp3) is 0.450. The Hall–Kier alpha value is -2.54. The van der Waals surface area contributed by atoms with E-state index < -0.39 is 5.82 Å². The van der Waals surface area contributed by atoms with Gasteiger partial charge in [0.25, 0.3) is 5.91 Å². The molecule has 2 aliphatic rings. The quantitative estimate of drug-likeness (QED) is 0.825. The van der Waals surface area contributed by atoms with E-state index in [1.54, 1.807) is 24.4 Å². The fourth-order valence-electron chi connectivity index (χ4n) is 3.68. The molecule has 0 aliphatic carbocycles. The van der Waals surface area contributed by atoms with Gasteiger partial charge in [-0.1, -0.05) is 12.1 Å². The first kappa shape index (κ1) is 17.9. The van der Waals surface area contributed by atoms with Gasteiger partial charge >= 0.3 is 0 Å². The van der Waals surface area contributed by atoms with Gasteiger partial charge in [-0.15, -0.1) is 0 Å². The number of aromatic nitrogens is 2. The van der Waals surface area contributed by atoms with Crippen LogP contribution in [0.15, 0.2) is 36.7 Å². The maximum atomic E-state index is 13.9. The molecule has 2 saturated heterocycles. The first-order valence-corrected chi connectivity index (χ1v) is 9.36. The molecule has 1 unspecified atom stereocenters. The van der Waals surface area contributed by atoms with Crippen LogP contribution in [-0.4, -0.2) is 46.6 Å². The molecule has 7 heteroatoms. The minimum Gasteiger partial charge on any atom is -0.434 e.